The predicted octanol–water partition coefficient (Wildman–Crippen LogP) is 2.25. The van der Waals surface area contributed by atoms with Crippen LogP contribution in [0, 0.1) is 0 Å². The van der Waals surface area contributed by atoms with Gasteiger partial charge in [0.1, 0.15) is 0 Å². The van der Waals surface area contributed by atoms with Crippen LogP contribution in [-0.4, -0.2) is 37.1 Å². The molecule has 1 atom stereocenters. The van der Waals surface area contributed by atoms with E-state index in [9.17, 15) is 0 Å². The Labute approximate surface area is 89.1 Å². The minimum atomic E-state index is 0.692. The first-order chi connectivity index (χ1) is 6.83. The van der Waals surface area contributed by atoms with E-state index in [1.165, 1.54) is 58.3 Å². The third-order valence-electron chi connectivity index (χ3n) is 3.07. The number of hydrogen-bond donors (Lipinski definition) is 1. The van der Waals surface area contributed by atoms with Crippen LogP contribution in [-0.2, 0) is 0 Å². The summed E-state index contributed by atoms with van der Waals surface area (Å²) in [7, 11) is 0. The first-order valence-corrected chi connectivity index (χ1v) is 6.28. The van der Waals surface area contributed by atoms with Gasteiger partial charge in [0.15, 0.2) is 0 Å². The van der Waals surface area contributed by atoms with Crippen molar-refractivity contribution in [3.05, 3.63) is 0 Å². The number of likely N-dealkylation sites (tertiary alicyclic amines) is 1. The van der Waals surface area contributed by atoms with E-state index in [-0.39, 0.29) is 0 Å². The van der Waals surface area contributed by atoms with Gasteiger partial charge in [0.05, 0.1) is 0 Å². The molecule has 1 fully saturated rings. The van der Waals surface area contributed by atoms with E-state index in [4.69, 9.17) is 0 Å². The van der Waals surface area contributed by atoms with Gasteiger partial charge in [-0.25, -0.2) is 0 Å². The molecule has 0 aromatic carbocycles. The van der Waals surface area contributed by atoms with Gasteiger partial charge in [0, 0.05) is 6.04 Å². The average Bonchev–Trinajstić information content (AvgIpc) is 2.25. The maximum Gasteiger partial charge on any atom is 0.00508 e. The Bertz CT molecular complexity index is 130. The van der Waals surface area contributed by atoms with Gasteiger partial charge < -0.3 is 10.2 Å². The molecule has 1 saturated heterocycles. The summed E-state index contributed by atoms with van der Waals surface area (Å²) in [6, 6.07) is 0.692. The third kappa shape index (κ3) is 4.97. The molecule has 0 aliphatic carbocycles. The van der Waals surface area contributed by atoms with Crippen molar-refractivity contribution in [3.8, 4) is 0 Å². The predicted molar refractivity (Wildman–Crippen MR) is 62.7 cm³/mol. The zero-order chi connectivity index (χ0) is 10.2. The number of nitrogens with zero attached hydrogens (tertiary/aromatic N) is 1. The standard InChI is InChI=1S/C12H26N2/c1-3-8-13-12(2)7-11-14-9-5-4-6-10-14/h12-13H,3-11H2,1-2H3/t12-/m1/s1. The van der Waals surface area contributed by atoms with Crippen molar-refractivity contribution in [3.63, 3.8) is 0 Å². The fraction of sp³-hybridized carbons (Fsp3) is 1.00. The monoisotopic (exact) mass is 198 g/mol. The minimum absolute atomic E-state index is 0.692. The molecule has 1 heterocycles. The lowest BCUT2D eigenvalue weighted by atomic mass is 10.1. The quantitative estimate of drug-likeness (QED) is 0.704. The van der Waals surface area contributed by atoms with Gasteiger partial charge in [0.2, 0.25) is 0 Å². The normalized spacial score (nSPS) is 21.0. The maximum absolute atomic E-state index is 3.55. The van der Waals surface area contributed by atoms with Crippen molar-refractivity contribution >= 4 is 0 Å². The van der Waals surface area contributed by atoms with E-state index in [1.54, 1.807) is 0 Å². The van der Waals surface area contributed by atoms with Gasteiger partial charge in [-0.1, -0.05) is 13.3 Å². The summed E-state index contributed by atoms with van der Waals surface area (Å²) in [5.74, 6) is 0. The molecular formula is C12H26N2. The molecular weight excluding hydrogens is 172 g/mol. The van der Waals surface area contributed by atoms with Crippen LogP contribution < -0.4 is 5.32 Å². The minimum Gasteiger partial charge on any atom is -0.314 e. The Kier molecular flexibility index (Phi) is 6.20. The highest BCUT2D eigenvalue weighted by molar-refractivity contribution is 4.68. The van der Waals surface area contributed by atoms with E-state index in [0.29, 0.717) is 6.04 Å². The molecule has 0 radical (unpaired) electrons. The van der Waals surface area contributed by atoms with Crippen LogP contribution in [0.2, 0.25) is 0 Å². The van der Waals surface area contributed by atoms with E-state index in [0.717, 1.165) is 0 Å². The fourth-order valence-corrected chi connectivity index (χ4v) is 2.05. The van der Waals surface area contributed by atoms with Crippen molar-refractivity contribution in [2.75, 3.05) is 26.2 Å². The number of nitrogens with one attached hydrogen (secondary N) is 1. The number of rotatable bonds is 6. The van der Waals surface area contributed by atoms with E-state index in [1.807, 2.05) is 0 Å². The highest BCUT2D eigenvalue weighted by atomic mass is 15.1. The molecule has 2 heteroatoms. The van der Waals surface area contributed by atoms with Gasteiger partial charge in [-0.2, -0.15) is 0 Å². The summed E-state index contributed by atoms with van der Waals surface area (Å²) >= 11 is 0. The second kappa shape index (κ2) is 7.24. The average molecular weight is 198 g/mol. The third-order valence-corrected chi connectivity index (χ3v) is 3.07. The van der Waals surface area contributed by atoms with Gasteiger partial charge in [-0.15, -0.1) is 0 Å². The van der Waals surface area contributed by atoms with Crippen molar-refractivity contribution in [2.45, 2.75) is 52.0 Å². The van der Waals surface area contributed by atoms with Crippen LogP contribution >= 0.6 is 0 Å². The van der Waals surface area contributed by atoms with Crippen molar-refractivity contribution in [2.24, 2.45) is 0 Å². The van der Waals surface area contributed by atoms with Gasteiger partial charge in [0.25, 0.3) is 0 Å². The second-order valence-electron chi connectivity index (χ2n) is 4.55. The van der Waals surface area contributed by atoms with Crippen molar-refractivity contribution in [1.82, 2.24) is 10.2 Å². The highest BCUT2D eigenvalue weighted by Gasteiger charge is 2.10. The first kappa shape index (κ1) is 12.0. The Morgan fingerprint density at radius 3 is 2.57 bits per heavy atom. The molecule has 0 aromatic heterocycles. The first-order valence-electron chi connectivity index (χ1n) is 6.28. The molecule has 1 rings (SSSR count). The smallest absolute Gasteiger partial charge is 0.00508 e. The molecule has 2 nitrogen and oxygen atoms in total. The second-order valence-corrected chi connectivity index (χ2v) is 4.55. The molecule has 0 aromatic rings. The Morgan fingerprint density at radius 1 is 1.21 bits per heavy atom. The summed E-state index contributed by atoms with van der Waals surface area (Å²) in [5.41, 5.74) is 0. The molecule has 0 unspecified atom stereocenters. The van der Waals surface area contributed by atoms with E-state index in [2.05, 4.69) is 24.1 Å². The number of piperidine rings is 1. The summed E-state index contributed by atoms with van der Waals surface area (Å²) in [4.78, 5) is 2.62. The van der Waals surface area contributed by atoms with Crippen LogP contribution in [0.4, 0.5) is 0 Å². The Balaban J connectivity index is 2.00. The van der Waals surface area contributed by atoms with Crippen LogP contribution in [0.5, 0.6) is 0 Å². The van der Waals surface area contributed by atoms with Crippen molar-refractivity contribution < 1.29 is 0 Å². The SMILES string of the molecule is CCCN[C@H](C)CCN1CCCCC1. The van der Waals surface area contributed by atoms with Gasteiger partial charge in [-0.3, -0.25) is 0 Å². The molecule has 84 valence electrons. The largest absolute Gasteiger partial charge is 0.314 e. The lowest BCUT2D eigenvalue weighted by Crippen LogP contribution is -2.35. The fourth-order valence-electron chi connectivity index (χ4n) is 2.05. The molecule has 0 bridgehead atoms. The lowest BCUT2D eigenvalue weighted by Gasteiger charge is -2.27. The highest BCUT2D eigenvalue weighted by Crippen LogP contribution is 2.09. The van der Waals surface area contributed by atoms with Crippen LogP contribution in [0.1, 0.15) is 46.0 Å². The summed E-state index contributed by atoms with van der Waals surface area (Å²) in [6.07, 6.45) is 6.82. The van der Waals surface area contributed by atoms with Crippen LogP contribution in [0.25, 0.3) is 0 Å². The Hall–Kier alpha value is -0.0800. The molecule has 1 aliphatic rings. The zero-order valence-electron chi connectivity index (χ0n) is 9.89. The molecule has 1 aliphatic heterocycles. The van der Waals surface area contributed by atoms with Gasteiger partial charge in [-0.05, 0) is 58.8 Å². The number of hydrogen-bond acceptors (Lipinski definition) is 2. The van der Waals surface area contributed by atoms with Gasteiger partial charge >= 0.3 is 0 Å². The van der Waals surface area contributed by atoms with E-state index >= 15 is 0 Å². The molecule has 14 heavy (non-hydrogen) atoms. The van der Waals surface area contributed by atoms with Crippen molar-refractivity contribution in [1.29, 1.82) is 0 Å². The molecule has 1 N–H and O–H groups in total. The van der Waals surface area contributed by atoms with Crippen LogP contribution in [0.15, 0.2) is 0 Å². The lowest BCUT2D eigenvalue weighted by molar-refractivity contribution is 0.218. The topological polar surface area (TPSA) is 15.3 Å². The summed E-state index contributed by atoms with van der Waals surface area (Å²) < 4.78 is 0. The molecule has 0 amide bonds. The maximum atomic E-state index is 3.55. The van der Waals surface area contributed by atoms with E-state index < -0.39 is 0 Å². The summed E-state index contributed by atoms with van der Waals surface area (Å²) in [5, 5.41) is 3.55. The summed E-state index contributed by atoms with van der Waals surface area (Å²) in [6.45, 7) is 9.66. The molecule has 0 saturated carbocycles. The Morgan fingerprint density at radius 2 is 1.93 bits per heavy atom. The van der Waals surface area contributed by atoms with Crippen LogP contribution in [0.3, 0.4) is 0 Å². The molecule has 0 spiro atoms. The zero-order valence-corrected chi connectivity index (χ0v) is 9.89.